The third-order valence-corrected chi connectivity index (χ3v) is 7.24. The van der Waals surface area contributed by atoms with E-state index in [-0.39, 0.29) is 57.1 Å². The van der Waals surface area contributed by atoms with Crippen molar-refractivity contribution < 1.29 is 33.6 Å². The summed E-state index contributed by atoms with van der Waals surface area (Å²) >= 11 is 0. The molecule has 0 bridgehead atoms. The molecule has 1 aliphatic heterocycles. The Morgan fingerprint density at radius 2 is 1.93 bits per heavy atom. The molecule has 2 heterocycles. The third-order valence-electron chi connectivity index (χ3n) is 7.24. The van der Waals surface area contributed by atoms with Gasteiger partial charge in [0, 0.05) is 32.1 Å². The zero-order chi connectivity index (χ0) is 31.6. The molecule has 1 aliphatic rings. The number of H-pyrrole nitrogens is 1. The molecule has 0 aromatic carbocycles. The first kappa shape index (κ1) is 34.6. The van der Waals surface area contributed by atoms with Gasteiger partial charge in [-0.25, -0.2) is 9.37 Å². The van der Waals surface area contributed by atoms with E-state index in [0.29, 0.717) is 5.69 Å². The van der Waals surface area contributed by atoms with E-state index in [0.717, 1.165) is 11.8 Å². The zero-order valence-corrected chi connectivity index (χ0v) is 24.2. The number of halogens is 1. The second kappa shape index (κ2) is 15.6. The maximum absolute atomic E-state index is 14.4. The number of alkyl halides is 1. The molecule has 1 aromatic rings. The van der Waals surface area contributed by atoms with Crippen LogP contribution in [0.4, 0.5) is 4.39 Å². The first-order valence-electron chi connectivity index (χ1n) is 13.9. The number of carbonyl (C=O) groups excluding carboxylic acids is 4. The minimum atomic E-state index is -2.36. The minimum absolute atomic E-state index is 0.00304. The van der Waals surface area contributed by atoms with Gasteiger partial charge in [-0.05, 0) is 38.5 Å². The second-order valence-corrected chi connectivity index (χ2v) is 11.0. The molecule has 5 atom stereocenters. The Bertz CT molecular complexity index is 1090. The van der Waals surface area contributed by atoms with Gasteiger partial charge in [0.2, 0.25) is 17.7 Å². The number of rotatable bonds is 15. The van der Waals surface area contributed by atoms with Gasteiger partial charge in [-0.2, -0.15) is 0 Å². The first-order chi connectivity index (χ1) is 19.7. The molecule has 3 amide bonds. The zero-order valence-electron chi connectivity index (χ0n) is 24.2. The van der Waals surface area contributed by atoms with Gasteiger partial charge in [-0.1, -0.05) is 13.8 Å². The van der Waals surface area contributed by atoms with Crippen LogP contribution in [-0.4, -0.2) is 104 Å². The molecular weight excluding hydrogens is 552 g/mol. The van der Waals surface area contributed by atoms with Crippen molar-refractivity contribution in [3.05, 3.63) is 18.2 Å². The van der Waals surface area contributed by atoms with Crippen LogP contribution in [-0.2, 0) is 25.6 Å². The summed E-state index contributed by atoms with van der Waals surface area (Å²) in [5.74, 6) is -3.26. The van der Waals surface area contributed by atoms with Crippen molar-refractivity contribution in [3.63, 3.8) is 0 Å². The molecule has 11 N–H and O–H groups in total. The molecule has 2 unspecified atom stereocenters. The van der Waals surface area contributed by atoms with Gasteiger partial charge < -0.3 is 47.3 Å². The predicted octanol–water partition coefficient (Wildman–Crippen LogP) is -2.14. The van der Waals surface area contributed by atoms with Crippen LogP contribution in [0.2, 0.25) is 0 Å². The number of nitrogens with zero attached hydrogens (tertiary/aromatic N) is 2. The predicted molar refractivity (Wildman–Crippen MR) is 152 cm³/mol. The second-order valence-electron chi connectivity index (χ2n) is 11.0. The Morgan fingerprint density at radius 1 is 1.26 bits per heavy atom. The summed E-state index contributed by atoms with van der Waals surface area (Å²) in [5.41, 5.74) is 9.68. The Balaban J connectivity index is 2.30. The number of amides is 3. The van der Waals surface area contributed by atoms with Crippen molar-refractivity contribution in [3.8, 4) is 0 Å². The number of Topliss-reactive ketones (excluding diaryl/α,β-unsaturated/α-hetero) is 1. The van der Waals surface area contributed by atoms with Crippen molar-refractivity contribution in [2.45, 2.75) is 89.0 Å². The van der Waals surface area contributed by atoms with Crippen LogP contribution in [0.1, 0.15) is 58.6 Å². The van der Waals surface area contributed by atoms with E-state index >= 15 is 0 Å². The van der Waals surface area contributed by atoms with Crippen molar-refractivity contribution in [1.82, 2.24) is 30.8 Å². The van der Waals surface area contributed by atoms with Gasteiger partial charge in [0.15, 0.2) is 11.7 Å². The van der Waals surface area contributed by atoms with E-state index in [2.05, 4.69) is 25.9 Å². The molecule has 15 nitrogen and oxygen atoms in total. The van der Waals surface area contributed by atoms with Crippen LogP contribution in [0.25, 0.3) is 0 Å². The summed E-state index contributed by atoms with van der Waals surface area (Å²) in [7, 11) is -2.36. The number of hydrogen-bond donors (Lipinski definition) is 9. The van der Waals surface area contributed by atoms with Gasteiger partial charge in [0.1, 0.15) is 23.7 Å². The minimum Gasteiger partial charge on any atom is -0.425 e. The standard InChI is InChI=1S/C25H43BFN9O6/c1-14(2)9-20(35-21(38)18(28)10-17-12-31-13-33-17)22(39)34-19(5-4-7-32-24(29)30)23(40)36-8-6-16(27)11-25(36,15(3)37)26(41)42/h12-14,16,18-20,41-42H,4-11,28H2,1-3H3,(H,31,33)(H,34,39)(H,35,38)(H4,29,30,32)/t16?,18-,19-,20-,25?/m0/s1. The van der Waals surface area contributed by atoms with E-state index < -0.39 is 66.8 Å². The highest BCUT2D eigenvalue weighted by Crippen LogP contribution is 2.33. The number of aromatic amines is 1. The fourth-order valence-corrected chi connectivity index (χ4v) is 5.04. The molecule has 0 aliphatic carbocycles. The van der Waals surface area contributed by atoms with Crippen LogP contribution in [0.5, 0.6) is 0 Å². The van der Waals surface area contributed by atoms with Crippen LogP contribution in [0.3, 0.4) is 0 Å². The number of nitrogens with two attached hydrogens (primary N) is 2. The highest BCUT2D eigenvalue weighted by atomic mass is 19.1. The fourth-order valence-electron chi connectivity index (χ4n) is 5.04. The van der Waals surface area contributed by atoms with Gasteiger partial charge in [0.25, 0.3) is 0 Å². The molecule has 0 radical (unpaired) electrons. The van der Waals surface area contributed by atoms with Crippen LogP contribution in [0.15, 0.2) is 12.5 Å². The lowest BCUT2D eigenvalue weighted by atomic mass is 9.57. The lowest BCUT2D eigenvalue weighted by Gasteiger charge is -2.47. The lowest BCUT2D eigenvalue weighted by molar-refractivity contribution is -0.149. The Morgan fingerprint density at radius 3 is 2.48 bits per heavy atom. The molecule has 0 spiro atoms. The number of hydrogen-bond acceptors (Lipinski definition) is 9. The van der Waals surface area contributed by atoms with Crippen LogP contribution < -0.4 is 27.4 Å². The maximum atomic E-state index is 14.4. The largest absolute Gasteiger partial charge is 0.487 e. The Kier molecular flexibility index (Phi) is 12.9. The Hall–Kier alpha value is -3.57. The van der Waals surface area contributed by atoms with Gasteiger partial charge in [-0.3, -0.25) is 24.6 Å². The number of guanidine groups is 1. The Labute approximate surface area is 244 Å². The van der Waals surface area contributed by atoms with Gasteiger partial charge in [0.05, 0.1) is 18.1 Å². The fraction of sp³-hybridized carbons (Fsp3) is 0.680. The number of imidazole rings is 1. The van der Waals surface area contributed by atoms with Crippen molar-refractivity contribution in [2.75, 3.05) is 13.1 Å². The summed E-state index contributed by atoms with van der Waals surface area (Å²) in [6.45, 7) is 4.62. The van der Waals surface area contributed by atoms with Crippen LogP contribution >= 0.6 is 0 Å². The molecule has 2 rings (SSSR count). The summed E-state index contributed by atoms with van der Waals surface area (Å²) in [6.07, 6.45) is 1.30. The molecule has 1 aromatic heterocycles. The summed E-state index contributed by atoms with van der Waals surface area (Å²) in [5, 5.41) is 35.6. The number of piperidine rings is 1. The van der Waals surface area contributed by atoms with Crippen molar-refractivity contribution in [2.24, 2.45) is 17.4 Å². The lowest BCUT2D eigenvalue weighted by Crippen LogP contribution is -2.71. The molecule has 234 valence electrons. The van der Waals surface area contributed by atoms with Gasteiger partial charge >= 0.3 is 7.12 Å². The monoisotopic (exact) mass is 595 g/mol. The van der Waals surface area contributed by atoms with E-state index in [1.807, 2.05) is 13.8 Å². The number of carbonyl (C=O) groups is 4. The molecular formula is C25H43BFN9O6. The molecule has 17 heteroatoms. The highest BCUT2D eigenvalue weighted by molar-refractivity contribution is 6.53. The normalized spacial score (nSPS) is 20.8. The van der Waals surface area contributed by atoms with Crippen molar-refractivity contribution >= 4 is 36.6 Å². The summed E-state index contributed by atoms with van der Waals surface area (Å²) in [4.78, 5) is 60.6. The topological polar surface area (TPSA) is 253 Å². The van der Waals surface area contributed by atoms with E-state index in [1.54, 1.807) is 6.20 Å². The van der Waals surface area contributed by atoms with Crippen molar-refractivity contribution in [1.29, 1.82) is 5.41 Å². The first-order valence-corrected chi connectivity index (χ1v) is 13.9. The number of likely N-dealkylation sites (tertiary alicyclic amines) is 1. The highest BCUT2D eigenvalue weighted by Gasteiger charge is 2.57. The average Bonchev–Trinajstić information content (AvgIpc) is 3.41. The van der Waals surface area contributed by atoms with E-state index in [9.17, 15) is 33.6 Å². The number of ketones is 1. The maximum Gasteiger partial charge on any atom is 0.487 e. The van der Waals surface area contributed by atoms with E-state index in [4.69, 9.17) is 16.9 Å². The molecule has 0 saturated carbocycles. The molecule has 1 saturated heterocycles. The van der Waals surface area contributed by atoms with E-state index in [1.165, 1.54) is 6.33 Å². The molecule has 1 fully saturated rings. The SMILES string of the molecule is CC(=O)C1(B(O)O)CC(F)CCN1C(=O)[C@H](CCCNC(=N)N)NC(=O)[C@H](CC(C)C)NC(=O)[C@@H](N)Cc1c[nH]cn1. The quantitative estimate of drug-likeness (QED) is 0.0460. The number of nitrogens with one attached hydrogen (secondary N) is 5. The molecule has 42 heavy (non-hydrogen) atoms. The summed E-state index contributed by atoms with van der Waals surface area (Å²) in [6, 6.07) is -3.37. The third kappa shape index (κ3) is 9.22. The van der Waals surface area contributed by atoms with Crippen LogP contribution in [0, 0.1) is 11.3 Å². The summed E-state index contributed by atoms with van der Waals surface area (Å²) < 4.78 is 14.4. The number of aromatic nitrogens is 2. The van der Waals surface area contributed by atoms with Gasteiger partial charge in [-0.15, -0.1) is 0 Å². The average molecular weight is 595 g/mol. The smallest absolute Gasteiger partial charge is 0.425 e.